The minimum atomic E-state index is 0.0623. The summed E-state index contributed by atoms with van der Waals surface area (Å²) in [4.78, 5) is 20.8. The first-order valence-corrected chi connectivity index (χ1v) is 10.1. The third-order valence-electron chi connectivity index (χ3n) is 4.96. The Labute approximate surface area is 164 Å². The van der Waals surface area contributed by atoms with Crippen LogP contribution in [0, 0.1) is 5.92 Å². The van der Waals surface area contributed by atoms with Crippen LogP contribution in [0.15, 0.2) is 35.3 Å². The fraction of sp³-hybridized carbons (Fsp3) is 0.619. The summed E-state index contributed by atoms with van der Waals surface area (Å²) in [6.45, 7) is 10.6. The van der Waals surface area contributed by atoms with Crippen LogP contribution in [0.4, 0.5) is 5.69 Å². The third-order valence-corrected chi connectivity index (χ3v) is 4.96. The van der Waals surface area contributed by atoms with Crippen molar-refractivity contribution in [1.82, 2.24) is 15.5 Å². The first-order valence-electron chi connectivity index (χ1n) is 10.1. The molecule has 2 N–H and O–H groups in total. The summed E-state index contributed by atoms with van der Waals surface area (Å²) >= 11 is 0. The highest BCUT2D eigenvalue weighted by Crippen LogP contribution is 2.13. The van der Waals surface area contributed by atoms with Crippen LogP contribution in [0.3, 0.4) is 0 Å². The van der Waals surface area contributed by atoms with Gasteiger partial charge in [0, 0.05) is 57.4 Å². The van der Waals surface area contributed by atoms with Gasteiger partial charge in [-0.05, 0) is 31.9 Å². The summed E-state index contributed by atoms with van der Waals surface area (Å²) in [5.74, 6) is 1.12. The van der Waals surface area contributed by atoms with E-state index in [2.05, 4.69) is 51.7 Å². The molecule has 1 atom stereocenters. The van der Waals surface area contributed by atoms with Gasteiger partial charge in [0.25, 0.3) is 0 Å². The van der Waals surface area contributed by atoms with Crippen LogP contribution in [-0.2, 0) is 4.79 Å². The number of carbonyl (C=O) groups is 1. The first-order chi connectivity index (χ1) is 13.0. The van der Waals surface area contributed by atoms with Gasteiger partial charge in [0.05, 0.1) is 0 Å². The molecule has 1 heterocycles. The van der Waals surface area contributed by atoms with Crippen molar-refractivity contribution in [3.8, 4) is 0 Å². The molecule has 1 aromatic rings. The van der Waals surface area contributed by atoms with E-state index in [1.54, 1.807) is 7.05 Å². The number of nitrogens with one attached hydrogen (secondary N) is 2. The molecule has 0 aliphatic carbocycles. The molecule has 1 aromatic carbocycles. The molecule has 1 unspecified atom stereocenters. The van der Waals surface area contributed by atoms with Crippen molar-refractivity contribution in [3.05, 3.63) is 30.3 Å². The van der Waals surface area contributed by atoms with E-state index < -0.39 is 0 Å². The Kier molecular flexibility index (Phi) is 8.43. The number of guanidine groups is 1. The zero-order valence-electron chi connectivity index (χ0n) is 17.2. The van der Waals surface area contributed by atoms with Crippen LogP contribution in [-0.4, -0.2) is 62.6 Å². The molecule has 0 saturated carbocycles. The molecule has 27 heavy (non-hydrogen) atoms. The average Bonchev–Trinajstić information content (AvgIpc) is 3.15. The Morgan fingerprint density at radius 2 is 2.07 bits per heavy atom. The third kappa shape index (κ3) is 6.45. The van der Waals surface area contributed by atoms with E-state index in [0.29, 0.717) is 0 Å². The van der Waals surface area contributed by atoms with Gasteiger partial charge in [0.1, 0.15) is 0 Å². The molecule has 1 saturated heterocycles. The molecule has 6 nitrogen and oxygen atoms in total. The van der Waals surface area contributed by atoms with Crippen LogP contribution in [0.1, 0.15) is 33.6 Å². The molecule has 1 amide bonds. The van der Waals surface area contributed by atoms with E-state index in [-0.39, 0.29) is 17.9 Å². The van der Waals surface area contributed by atoms with Crippen LogP contribution in [0.25, 0.3) is 0 Å². The summed E-state index contributed by atoms with van der Waals surface area (Å²) < 4.78 is 0. The smallest absolute Gasteiger partial charge is 0.225 e. The van der Waals surface area contributed by atoms with Gasteiger partial charge in [-0.2, -0.15) is 0 Å². The minimum Gasteiger partial charge on any atom is -0.372 e. The number of anilines is 1. The largest absolute Gasteiger partial charge is 0.372 e. The Bertz CT molecular complexity index is 602. The van der Waals surface area contributed by atoms with Crippen LogP contribution in [0.2, 0.25) is 0 Å². The van der Waals surface area contributed by atoms with Gasteiger partial charge in [-0.3, -0.25) is 9.79 Å². The van der Waals surface area contributed by atoms with Crippen molar-refractivity contribution in [2.45, 2.75) is 39.7 Å². The second-order valence-corrected chi connectivity index (χ2v) is 7.34. The number of carbonyl (C=O) groups excluding carboxylic acids is 1. The molecule has 0 aromatic heterocycles. The van der Waals surface area contributed by atoms with Crippen molar-refractivity contribution >= 4 is 17.6 Å². The SMILES string of the molecule is CCN(CCCNC(=NC)NC1CCN(C(=O)C(C)C)C1)c1ccccc1. The predicted octanol–water partition coefficient (Wildman–Crippen LogP) is 2.32. The molecule has 6 heteroatoms. The van der Waals surface area contributed by atoms with Crippen molar-refractivity contribution < 1.29 is 4.79 Å². The van der Waals surface area contributed by atoms with Crippen molar-refractivity contribution in [2.75, 3.05) is 44.7 Å². The Morgan fingerprint density at radius 3 is 2.70 bits per heavy atom. The van der Waals surface area contributed by atoms with Crippen LogP contribution < -0.4 is 15.5 Å². The molecule has 1 aliphatic rings. The zero-order valence-corrected chi connectivity index (χ0v) is 17.2. The van der Waals surface area contributed by atoms with Gasteiger partial charge in [0.2, 0.25) is 5.91 Å². The molecule has 150 valence electrons. The standard InChI is InChI=1S/C21H35N5O/c1-5-25(19-10-7-6-8-11-19)14-9-13-23-21(22-4)24-18-12-15-26(16-18)20(27)17(2)3/h6-8,10-11,17-18H,5,9,12-16H2,1-4H3,(H2,22,23,24). The number of benzene rings is 1. The number of aliphatic imine (C=N–C) groups is 1. The summed E-state index contributed by atoms with van der Waals surface area (Å²) in [5, 5.41) is 6.86. The van der Waals surface area contributed by atoms with Crippen molar-refractivity contribution in [3.63, 3.8) is 0 Å². The number of amides is 1. The molecule has 0 spiro atoms. The predicted molar refractivity (Wildman–Crippen MR) is 113 cm³/mol. The molecule has 0 bridgehead atoms. The zero-order chi connectivity index (χ0) is 19.6. The second-order valence-electron chi connectivity index (χ2n) is 7.34. The first kappa shape index (κ1) is 21.1. The highest BCUT2D eigenvalue weighted by atomic mass is 16.2. The maximum absolute atomic E-state index is 12.1. The number of hydrogen-bond donors (Lipinski definition) is 2. The lowest BCUT2D eigenvalue weighted by molar-refractivity contribution is -0.133. The van der Waals surface area contributed by atoms with Gasteiger partial charge in [-0.15, -0.1) is 0 Å². The lowest BCUT2D eigenvalue weighted by atomic mass is 10.2. The van der Waals surface area contributed by atoms with E-state index in [0.717, 1.165) is 51.5 Å². The molecular weight excluding hydrogens is 338 g/mol. The van der Waals surface area contributed by atoms with Crippen molar-refractivity contribution in [1.29, 1.82) is 0 Å². The van der Waals surface area contributed by atoms with Gasteiger partial charge in [-0.1, -0.05) is 32.0 Å². The number of rotatable bonds is 8. The molecule has 0 radical (unpaired) electrons. The highest BCUT2D eigenvalue weighted by Gasteiger charge is 2.27. The molecule has 1 aliphatic heterocycles. The summed E-state index contributed by atoms with van der Waals surface area (Å²) in [6.07, 6.45) is 2.00. The maximum Gasteiger partial charge on any atom is 0.225 e. The summed E-state index contributed by atoms with van der Waals surface area (Å²) in [6, 6.07) is 10.8. The van der Waals surface area contributed by atoms with E-state index >= 15 is 0 Å². The molecular formula is C21H35N5O. The van der Waals surface area contributed by atoms with E-state index in [1.165, 1.54) is 5.69 Å². The Balaban J connectivity index is 1.71. The second kappa shape index (κ2) is 10.8. The van der Waals surface area contributed by atoms with Crippen LogP contribution in [0.5, 0.6) is 0 Å². The molecule has 2 rings (SSSR count). The van der Waals surface area contributed by atoms with E-state index in [4.69, 9.17) is 0 Å². The Hall–Kier alpha value is -2.24. The number of para-hydroxylation sites is 1. The lowest BCUT2D eigenvalue weighted by Crippen LogP contribution is -2.45. The van der Waals surface area contributed by atoms with Gasteiger partial charge < -0.3 is 20.4 Å². The lowest BCUT2D eigenvalue weighted by Gasteiger charge is -2.24. The highest BCUT2D eigenvalue weighted by molar-refractivity contribution is 5.81. The monoisotopic (exact) mass is 373 g/mol. The average molecular weight is 374 g/mol. The van der Waals surface area contributed by atoms with Crippen LogP contribution >= 0.6 is 0 Å². The fourth-order valence-corrected chi connectivity index (χ4v) is 3.42. The number of likely N-dealkylation sites (tertiary alicyclic amines) is 1. The summed E-state index contributed by atoms with van der Waals surface area (Å²) in [5.41, 5.74) is 1.27. The fourth-order valence-electron chi connectivity index (χ4n) is 3.42. The Morgan fingerprint density at radius 1 is 1.33 bits per heavy atom. The van der Waals surface area contributed by atoms with Gasteiger partial charge in [-0.25, -0.2) is 0 Å². The van der Waals surface area contributed by atoms with Gasteiger partial charge >= 0.3 is 0 Å². The van der Waals surface area contributed by atoms with E-state index in [1.807, 2.05) is 24.8 Å². The summed E-state index contributed by atoms with van der Waals surface area (Å²) in [7, 11) is 1.80. The maximum atomic E-state index is 12.1. The topological polar surface area (TPSA) is 60.0 Å². The number of nitrogens with zero attached hydrogens (tertiary/aromatic N) is 3. The van der Waals surface area contributed by atoms with Crippen molar-refractivity contribution in [2.24, 2.45) is 10.9 Å². The normalized spacial score (nSPS) is 17.3. The number of hydrogen-bond acceptors (Lipinski definition) is 3. The van der Waals surface area contributed by atoms with E-state index in [9.17, 15) is 4.79 Å². The quantitative estimate of drug-likeness (QED) is 0.417. The van der Waals surface area contributed by atoms with Gasteiger partial charge in [0.15, 0.2) is 5.96 Å². The molecule has 1 fully saturated rings. The minimum absolute atomic E-state index is 0.0623.